The van der Waals surface area contributed by atoms with Crippen molar-refractivity contribution in [1.82, 2.24) is 4.98 Å². The number of carbonyl (C=O) groups excluding carboxylic acids is 1. The van der Waals surface area contributed by atoms with E-state index >= 15 is 0 Å². The predicted molar refractivity (Wildman–Crippen MR) is 112 cm³/mol. The number of hydrogen-bond donors (Lipinski definition) is 0. The fraction of sp³-hybridized carbons (Fsp3) is 0.273. The molecule has 0 bridgehead atoms. The molecular formula is C22H21NO7S. The molecule has 0 atom stereocenters. The van der Waals surface area contributed by atoms with E-state index in [4.69, 9.17) is 18.9 Å². The van der Waals surface area contributed by atoms with E-state index in [2.05, 4.69) is 4.98 Å². The minimum absolute atomic E-state index is 0.104. The minimum atomic E-state index is -3.39. The SMILES string of the molecule is COC(=O)Cc1ccc(Oc2ccnc3ccc(S(C)(=O)=O)cc23)c(C2OCCO2)c1. The average molecular weight is 443 g/mol. The number of pyridine rings is 1. The van der Waals surface area contributed by atoms with Gasteiger partial charge in [-0.3, -0.25) is 9.78 Å². The molecular weight excluding hydrogens is 422 g/mol. The molecule has 31 heavy (non-hydrogen) atoms. The lowest BCUT2D eigenvalue weighted by atomic mass is 10.1. The van der Waals surface area contributed by atoms with E-state index in [1.54, 1.807) is 42.6 Å². The Morgan fingerprint density at radius 1 is 1.10 bits per heavy atom. The minimum Gasteiger partial charge on any atom is -0.469 e. The second kappa shape index (κ2) is 8.62. The smallest absolute Gasteiger partial charge is 0.309 e. The maximum Gasteiger partial charge on any atom is 0.309 e. The van der Waals surface area contributed by atoms with Gasteiger partial charge in [-0.25, -0.2) is 8.42 Å². The number of esters is 1. The van der Waals surface area contributed by atoms with Crippen molar-refractivity contribution in [1.29, 1.82) is 0 Å². The largest absolute Gasteiger partial charge is 0.469 e. The van der Waals surface area contributed by atoms with Gasteiger partial charge in [0.25, 0.3) is 0 Å². The number of fused-ring (bicyclic) bond motifs is 1. The summed E-state index contributed by atoms with van der Waals surface area (Å²) in [4.78, 5) is 16.1. The second-order valence-electron chi connectivity index (χ2n) is 7.06. The maximum absolute atomic E-state index is 12.0. The Hall–Kier alpha value is -3.01. The van der Waals surface area contributed by atoms with Gasteiger partial charge in [-0.1, -0.05) is 6.07 Å². The van der Waals surface area contributed by atoms with Crippen molar-refractivity contribution in [2.45, 2.75) is 17.6 Å². The molecule has 0 N–H and O–H groups in total. The van der Waals surface area contributed by atoms with Gasteiger partial charge < -0.3 is 18.9 Å². The van der Waals surface area contributed by atoms with Crippen molar-refractivity contribution < 1.29 is 32.2 Å². The van der Waals surface area contributed by atoms with Crippen LogP contribution in [0.4, 0.5) is 0 Å². The molecule has 162 valence electrons. The Morgan fingerprint density at radius 3 is 2.58 bits per heavy atom. The molecule has 8 nitrogen and oxygen atoms in total. The number of rotatable bonds is 6. The summed E-state index contributed by atoms with van der Waals surface area (Å²) in [6, 6.07) is 11.6. The molecule has 3 aromatic rings. The third-order valence-electron chi connectivity index (χ3n) is 4.85. The molecule has 9 heteroatoms. The molecule has 0 spiro atoms. The lowest BCUT2D eigenvalue weighted by Crippen LogP contribution is -2.07. The van der Waals surface area contributed by atoms with Gasteiger partial charge in [0.1, 0.15) is 11.5 Å². The number of sulfone groups is 1. The fourth-order valence-electron chi connectivity index (χ4n) is 3.30. The topological polar surface area (TPSA) is 101 Å². The highest BCUT2D eigenvalue weighted by molar-refractivity contribution is 7.90. The number of nitrogens with zero attached hydrogens (tertiary/aromatic N) is 1. The molecule has 2 aromatic carbocycles. The van der Waals surface area contributed by atoms with Crippen LogP contribution in [-0.4, -0.2) is 46.0 Å². The summed E-state index contributed by atoms with van der Waals surface area (Å²) in [5.74, 6) is 0.551. The van der Waals surface area contributed by atoms with Crippen LogP contribution in [0.15, 0.2) is 53.6 Å². The normalized spacial score (nSPS) is 14.6. The van der Waals surface area contributed by atoms with E-state index < -0.39 is 16.1 Å². The number of aromatic nitrogens is 1. The molecule has 0 amide bonds. The molecule has 0 aliphatic carbocycles. The number of ether oxygens (including phenoxy) is 4. The lowest BCUT2D eigenvalue weighted by Gasteiger charge is -2.17. The van der Waals surface area contributed by atoms with Crippen molar-refractivity contribution in [2.24, 2.45) is 0 Å². The zero-order valence-electron chi connectivity index (χ0n) is 17.0. The van der Waals surface area contributed by atoms with E-state index in [-0.39, 0.29) is 17.3 Å². The van der Waals surface area contributed by atoms with Crippen LogP contribution >= 0.6 is 0 Å². The molecule has 4 rings (SSSR count). The van der Waals surface area contributed by atoms with Crippen molar-refractivity contribution in [2.75, 3.05) is 26.6 Å². The van der Waals surface area contributed by atoms with Crippen molar-refractivity contribution in [3.63, 3.8) is 0 Å². The highest BCUT2D eigenvalue weighted by Gasteiger charge is 2.24. The van der Waals surface area contributed by atoms with Gasteiger partial charge >= 0.3 is 5.97 Å². The van der Waals surface area contributed by atoms with Gasteiger partial charge in [0, 0.05) is 17.8 Å². The van der Waals surface area contributed by atoms with Gasteiger partial charge in [-0.15, -0.1) is 0 Å². The average Bonchev–Trinajstić information content (AvgIpc) is 3.28. The summed E-state index contributed by atoms with van der Waals surface area (Å²) in [6.07, 6.45) is 2.21. The number of hydrogen-bond acceptors (Lipinski definition) is 8. The van der Waals surface area contributed by atoms with Crippen LogP contribution in [0.2, 0.25) is 0 Å². The van der Waals surface area contributed by atoms with Crippen LogP contribution in [0.5, 0.6) is 11.5 Å². The molecule has 0 saturated carbocycles. The van der Waals surface area contributed by atoms with Crippen molar-refractivity contribution in [3.8, 4) is 11.5 Å². The zero-order valence-corrected chi connectivity index (χ0v) is 17.8. The first-order chi connectivity index (χ1) is 14.8. The van der Waals surface area contributed by atoms with E-state index in [1.807, 2.05) is 0 Å². The van der Waals surface area contributed by atoms with E-state index in [0.29, 0.717) is 41.2 Å². The Bertz CT molecular complexity index is 1230. The number of carbonyl (C=O) groups is 1. The molecule has 1 aliphatic heterocycles. The van der Waals surface area contributed by atoms with Gasteiger partial charge in [0.05, 0.1) is 42.7 Å². The van der Waals surface area contributed by atoms with Crippen LogP contribution < -0.4 is 4.74 Å². The third kappa shape index (κ3) is 4.68. The molecule has 0 unspecified atom stereocenters. The molecule has 1 fully saturated rings. The predicted octanol–water partition coefficient (Wildman–Crippen LogP) is 3.19. The van der Waals surface area contributed by atoms with E-state index in [0.717, 1.165) is 11.8 Å². The van der Waals surface area contributed by atoms with Crippen LogP contribution in [0, 0.1) is 0 Å². The fourth-order valence-corrected chi connectivity index (χ4v) is 3.95. The first-order valence-corrected chi connectivity index (χ1v) is 11.4. The van der Waals surface area contributed by atoms with Gasteiger partial charge in [0.2, 0.25) is 0 Å². The van der Waals surface area contributed by atoms with Crippen molar-refractivity contribution >= 4 is 26.7 Å². The number of methoxy groups -OCH3 is 1. The Labute approximate surface area is 179 Å². The molecule has 0 radical (unpaired) electrons. The quantitative estimate of drug-likeness (QED) is 0.536. The lowest BCUT2D eigenvalue weighted by molar-refractivity contribution is -0.139. The van der Waals surface area contributed by atoms with Crippen molar-refractivity contribution in [3.05, 3.63) is 59.8 Å². The molecule has 1 saturated heterocycles. The first kappa shape index (κ1) is 21.2. The van der Waals surface area contributed by atoms with Crippen LogP contribution in [0.25, 0.3) is 10.9 Å². The summed E-state index contributed by atoms with van der Waals surface area (Å²) in [5.41, 5.74) is 1.96. The summed E-state index contributed by atoms with van der Waals surface area (Å²) < 4.78 is 46.2. The Balaban J connectivity index is 1.76. The van der Waals surface area contributed by atoms with Gasteiger partial charge in [-0.2, -0.15) is 0 Å². The monoisotopic (exact) mass is 443 g/mol. The zero-order chi connectivity index (χ0) is 22.0. The summed E-state index contributed by atoms with van der Waals surface area (Å²) in [5, 5.41) is 0.559. The van der Waals surface area contributed by atoms with E-state index in [9.17, 15) is 13.2 Å². The van der Waals surface area contributed by atoms with Crippen LogP contribution in [-0.2, 0) is 35.3 Å². The molecule has 1 aliphatic rings. The molecule has 2 heterocycles. The van der Waals surface area contributed by atoms with Gasteiger partial charge in [0.15, 0.2) is 16.1 Å². The first-order valence-electron chi connectivity index (χ1n) is 9.54. The maximum atomic E-state index is 12.0. The Morgan fingerprint density at radius 2 is 1.87 bits per heavy atom. The Kier molecular flexibility index (Phi) is 5.90. The highest BCUT2D eigenvalue weighted by atomic mass is 32.2. The highest BCUT2D eigenvalue weighted by Crippen LogP contribution is 2.37. The standard InChI is InChI=1S/C22H21NO7S/c1-27-21(24)12-14-3-6-19(17(11-14)22-28-9-10-29-22)30-20-7-8-23-18-5-4-15(13-16(18)20)31(2,25)26/h3-8,11,13,22H,9-10,12H2,1-2H3. The second-order valence-corrected chi connectivity index (χ2v) is 9.08. The third-order valence-corrected chi connectivity index (χ3v) is 5.96. The summed E-state index contributed by atoms with van der Waals surface area (Å²) in [6.45, 7) is 0.891. The van der Waals surface area contributed by atoms with Crippen LogP contribution in [0.3, 0.4) is 0 Å². The van der Waals surface area contributed by atoms with E-state index in [1.165, 1.54) is 13.2 Å². The summed E-state index contributed by atoms with van der Waals surface area (Å²) >= 11 is 0. The molecule has 1 aromatic heterocycles. The number of benzene rings is 2. The van der Waals surface area contributed by atoms with Crippen LogP contribution in [0.1, 0.15) is 17.4 Å². The van der Waals surface area contributed by atoms with Gasteiger partial charge in [-0.05, 0) is 42.0 Å². The summed E-state index contributed by atoms with van der Waals surface area (Å²) in [7, 11) is -2.06.